The Morgan fingerprint density at radius 2 is 1.63 bits per heavy atom. The molecular formula is C25H29N3O2. The molecule has 1 amide bonds. The van der Waals surface area contributed by atoms with E-state index in [1.54, 1.807) is 6.20 Å². The van der Waals surface area contributed by atoms with Gasteiger partial charge < -0.3 is 10.1 Å². The smallest absolute Gasteiger partial charge is 0.251 e. The Morgan fingerprint density at radius 3 is 2.27 bits per heavy atom. The average Bonchev–Trinajstić information content (AvgIpc) is 2.81. The van der Waals surface area contributed by atoms with E-state index in [9.17, 15) is 4.79 Å². The number of aromatic nitrogens is 1. The molecule has 0 spiro atoms. The van der Waals surface area contributed by atoms with Crippen molar-refractivity contribution < 1.29 is 9.53 Å². The van der Waals surface area contributed by atoms with Crippen molar-refractivity contribution >= 4 is 5.91 Å². The molecule has 0 aliphatic rings. The fourth-order valence-electron chi connectivity index (χ4n) is 3.10. The van der Waals surface area contributed by atoms with Crippen molar-refractivity contribution in [2.45, 2.75) is 33.5 Å². The largest absolute Gasteiger partial charge is 0.487 e. The van der Waals surface area contributed by atoms with Gasteiger partial charge in [-0.3, -0.25) is 14.7 Å². The van der Waals surface area contributed by atoms with Gasteiger partial charge in [0.05, 0.1) is 5.69 Å². The van der Waals surface area contributed by atoms with Gasteiger partial charge in [-0.1, -0.05) is 44.2 Å². The number of carbonyl (C=O) groups excluding carboxylic acids is 1. The van der Waals surface area contributed by atoms with Gasteiger partial charge in [0.25, 0.3) is 5.91 Å². The van der Waals surface area contributed by atoms with Crippen LogP contribution in [0.1, 0.15) is 41.0 Å². The fourth-order valence-corrected chi connectivity index (χ4v) is 3.10. The Balaban J connectivity index is 1.47. The SMILES string of the molecule is CCN(CC)Cc1ccc(C(=O)NCc2ccc(OCc3ccccn3)cc2)cc1. The van der Waals surface area contributed by atoms with Gasteiger partial charge in [-0.25, -0.2) is 0 Å². The van der Waals surface area contributed by atoms with Crippen LogP contribution in [0.4, 0.5) is 0 Å². The molecule has 3 rings (SSSR count). The van der Waals surface area contributed by atoms with Crippen molar-refractivity contribution in [1.82, 2.24) is 15.2 Å². The molecule has 0 saturated carbocycles. The lowest BCUT2D eigenvalue weighted by Crippen LogP contribution is -2.23. The van der Waals surface area contributed by atoms with Gasteiger partial charge in [-0.2, -0.15) is 0 Å². The standard InChI is InChI=1S/C25H29N3O2/c1-3-28(4-2)18-21-8-12-22(13-9-21)25(29)27-17-20-10-14-24(15-11-20)30-19-23-7-5-6-16-26-23/h5-16H,3-4,17-19H2,1-2H3,(H,27,29). The topological polar surface area (TPSA) is 54.5 Å². The van der Waals surface area contributed by atoms with Gasteiger partial charge >= 0.3 is 0 Å². The summed E-state index contributed by atoms with van der Waals surface area (Å²) in [6.07, 6.45) is 1.75. The highest BCUT2D eigenvalue weighted by atomic mass is 16.5. The molecule has 30 heavy (non-hydrogen) atoms. The van der Waals surface area contributed by atoms with Crippen molar-refractivity contribution in [1.29, 1.82) is 0 Å². The Kier molecular flexibility index (Phi) is 7.98. The summed E-state index contributed by atoms with van der Waals surface area (Å²) in [5.41, 5.74) is 3.80. The van der Waals surface area contributed by atoms with Crippen molar-refractivity contribution in [2.75, 3.05) is 13.1 Å². The lowest BCUT2D eigenvalue weighted by molar-refractivity contribution is 0.0951. The van der Waals surface area contributed by atoms with Gasteiger partial charge in [0.1, 0.15) is 12.4 Å². The summed E-state index contributed by atoms with van der Waals surface area (Å²) in [5, 5.41) is 2.97. The van der Waals surface area contributed by atoms with Gasteiger partial charge in [-0.15, -0.1) is 0 Å². The van der Waals surface area contributed by atoms with Gasteiger partial charge in [0, 0.05) is 24.8 Å². The van der Waals surface area contributed by atoms with E-state index in [2.05, 4.69) is 29.0 Å². The highest BCUT2D eigenvalue weighted by Crippen LogP contribution is 2.14. The molecule has 0 aliphatic carbocycles. The van der Waals surface area contributed by atoms with E-state index in [-0.39, 0.29) is 5.91 Å². The average molecular weight is 404 g/mol. The molecule has 1 aromatic heterocycles. The third-order valence-electron chi connectivity index (χ3n) is 5.01. The van der Waals surface area contributed by atoms with Crippen LogP contribution < -0.4 is 10.1 Å². The van der Waals surface area contributed by atoms with Crippen LogP contribution in [0.3, 0.4) is 0 Å². The van der Waals surface area contributed by atoms with E-state index in [0.29, 0.717) is 18.7 Å². The predicted octanol–water partition coefficient (Wildman–Crippen LogP) is 4.43. The van der Waals surface area contributed by atoms with E-state index in [0.717, 1.165) is 36.6 Å². The second-order valence-electron chi connectivity index (χ2n) is 7.09. The number of carbonyl (C=O) groups is 1. The summed E-state index contributed by atoms with van der Waals surface area (Å²) in [5.74, 6) is 0.708. The predicted molar refractivity (Wildman–Crippen MR) is 119 cm³/mol. The van der Waals surface area contributed by atoms with Crippen molar-refractivity contribution in [3.05, 3.63) is 95.3 Å². The lowest BCUT2D eigenvalue weighted by atomic mass is 10.1. The van der Waals surface area contributed by atoms with Crippen molar-refractivity contribution in [3.8, 4) is 5.75 Å². The number of benzene rings is 2. The lowest BCUT2D eigenvalue weighted by Gasteiger charge is -2.18. The van der Waals surface area contributed by atoms with Crippen LogP contribution in [0.2, 0.25) is 0 Å². The minimum Gasteiger partial charge on any atom is -0.487 e. The number of rotatable bonds is 10. The van der Waals surface area contributed by atoms with Gasteiger partial charge in [0.15, 0.2) is 0 Å². The highest BCUT2D eigenvalue weighted by Gasteiger charge is 2.07. The molecule has 3 aromatic rings. The van der Waals surface area contributed by atoms with E-state index in [4.69, 9.17) is 4.74 Å². The Labute approximate surface area is 178 Å². The second kappa shape index (κ2) is 11.1. The molecule has 1 N–H and O–H groups in total. The number of nitrogens with zero attached hydrogens (tertiary/aromatic N) is 2. The van der Waals surface area contributed by atoms with Crippen LogP contribution in [0.5, 0.6) is 5.75 Å². The van der Waals surface area contributed by atoms with E-state index < -0.39 is 0 Å². The third-order valence-corrected chi connectivity index (χ3v) is 5.01. The molecule has 2 aromatic carbocycles. The molecular weight excluding hydrogens is 374 g/mol. The first-order valence-electron chi connectivity index (χ1n) is 10.4. The summed E-state index contributed by atoms with van der Waals surface area (Å²) >= 11 is 0. The number of hydrogen-bond acceptors (Lipinski definition) is 4. The maximum atomic E-state index is 12.4. The summed E-state index contributed by atoms with van der Waals surface area (Å²) in [4.78, 5) is 19.0. The molecule has 0 saturated heterocycles. The zero-order valence-corrected chi connectivity index (χ0v) is 17.7. The molecule has 0 aliphatic heterocycles. The summed E-state index contributed by atoms with van der Waals surface area (Å²) < 4.78 is 5.74. The minimum absolute atomic E-state index is 0.0696. The van der Waals surface area contributed by atoms with Gasteiger partial charge in [-0.05, 0) is 60.6 Å². The number of pyridine rings is 1. The van der Waals surface area contributed by atoms with Crippen LogP contribution in [0.15, 0.2) is 72.9 Å². The molecule has 0 radical (unpaired) electrons. The molecule has 156 valence electrons. The first-order valence-corrected chi connectivity index (χ1v) is 10.4. The third kappa shape index (κ3) is 6.42. The number of ether oxygens (including phenoxy) is 1. The van der Waals surface area contributed by atoms with E-state index in [1.807, 2.05) is 66.7 Å². The van der Waals surface area contributed by atoms with E-state index in [1.165, 1.54) is 5.56 Å². The molecule has 1 heterocycles. The highest BCUT2D eigenvalue weighted by molar-refractivity contribution is 5.94. The maximum absolute atomic E-state index is 12.4. The summed E-state index contributed by atoms with van der Waals surface area (Å²) in [7, 11) is 0. The zero-order valence-electron chi connectivity index (χ0n) is 17.7. The monoisotopic (exact) mass is 403 g/mol. The van der Waals surface area contributed by atoms with E-state index >= 15 is 0 Å². The molecule has 0 bridgehead atoms. The first kappa shape index (κ1) is 21.5. The normalized spacial score (nSPS) is 10.8. The van der Waals surface area contributed by atoms with Crippen molar-refractivity contribution in [3.63, 3.8) is 0 Å². The number of amides is 1. The minimum atomic E-state index is -0.0696. The Hall–Kier alpha value is -3.18. The van der Waals surface area contributed by atoms with Crippen LogP contribution in [-0.2, 0) is 19.7 Å². The zero-order chi connectivity index (χ0) is 21.2. The molecule has 5 nitrogen and oxygen atoms in total. The Morgan fingerprint density at radius 1 is 0.933 bits per heavy atom. The fraction of sp³-hybridized carbons (Fsp3) is 0.280. The maximum Gasteiger partial charge on any atom is 0.251 e. The Bertz CT molecular complexity index is 905. The summed E-state index contributed by atoms with van der Waals surface area (Å²) in [6.45, 7) is 8.16. The van der Waals surface area contributed by atoms with Crippen LogP contribution in [0.25, 0.3) is 0 Å². The second-order valence-corrected chi connectivity index (χ2v) is 7.09. The molecule has 0 unspecified atom stereocenters. The molecule has 0 atom stereocenters. The molecule has 5 heteroatoms. The number of nitrogens with one attached hydrogen (secondary N) is 1. The quantitative estimate of drug-likeness (QED) is 0.544. The van der Waals surface area contributed by atoms with Crippen molar-refractivity contribution in [2.24, 2.45) is 0 Å². The molecule has 0 fully saturated rings. The van der Waals surface area contributed by atoms with Crippen LogP contribution in [0, 0.1) is 0 Å². The van der Waals surface area contributed by atoms with Crippen LogP contribution in [-0.4, -0.2) is 28.9 Å². The van der Waals surface area contributed by atoms with Crippen LogP contribution >= 0.6 is 0 Å². The number of hydrogen-bond donors (Lipinski definition) is 1. The first-order chi connectivity index (χ1) is 14.7. The summed E-state index contributed by atoms with van der Waals surface area (Å²) in [6, 6.07) is 21.3. The van der Waals surface area contributed by atoms with Gasteiger partial charge in [0.2, 0.25) is 0 Å².